The van der Waals surface area contributed by atoms with Gasteiger partial charge in [0.2, 0.25) is 0 Å². The highest BCUT2D eigenvalue weighted by atomic mass is 35.5. The van der Waals surface area contributed by atoms with Crippen LogP contribution in [0, 0.1) is 6.92 Å². The molecule has 1 unspecified atom stereocenters. The first-order valence-corrected chi connectivity index (χ1v) is 6.58. The summed E-state index contributed by atoms with van der Waals surface area (Å²) in [6, 6.07) is 4.89. The molecule has 1 atom stereocenters. The van der Waals surface area contributed by atoms with Crippen molar-refractivity contribution < 1.29 is 0 Å². The number of alkyl halides is 1. The van der Waals surface area contributed by atoms with E-state index >= 15 is 0 Å². The summed E-state index contributed by atoms with van der Waals surface area (Å²) in [5.74, 6) is 1.67. The summed E-state index contributed by atoms with van der Waals surface area (Å²) in [7, 11) is 0. The Balaban J connectivity index is 2.23. The SMILES string of the molecule is CCC1CCCN1c1ccc(CCl)c(C)n1. The van der Waals surface area contributed by atoms with Crippen LogP contribution in [0.25, 0.3) is 0 Å². The molecule has 1 aromatic rings. The average Bonchev–Trinajstić information content (AvgIpc) is 2.77. The van der Waals surface area contributed by atoms with Gasteiger partial charge in [0.25, 0.3) is 0 Å². The number of hydrogen-bond donors (Lipinski definition) is 0. The Morgan fingerprint density at radius 2 is 2.31 bits per heavy atom. The maximum Gasteiger partial charge on any atom is 0.129 e. The molecule has 0 amide bonds. The lowest BCUT2D eigenvalue weighted by Gasteiger charge is -2.25. The van der Waals surface area contributed by atoms with Gasteiger partial charge in [0.15, 0.2) is 0 Å². The van der Waals surface area contributed by atoms with E-state index in [1.54, 1.807) is 0 Å². The van der Waals surface area contributed by atoms with E-state index in [1.807, 2.05) is 6.92 Å². The second-order valence-electron chi connectivity index (χ2n) is 4.45. The molecule has 0 bridgehead atoms. The lowest BCUT2D eigenvalue weighted by atomic mass is 10.1. The first-order chi connectivity index (χ1) is 7.76. The molecular formula is C13H19ClN2. The van der Waals surface area contributed by atoms with Gasteiger partial charge in [-0.15, -0.1) is 11.6 Å². The maximum atomic E-state index is 5.85. The molecule has 0 radical (unpaired) electrons. The Bertz CT molecular complexity index is 365. The first kappa shape index (κ1) is 11.7. The predicted molar refractivity (Wildman–Crippen MR) is 69.2 cm³/mol. The van der Waals surface area contributed by atoms with Crippen LogP contribution in [0.5, 0.6) is 0 Å². The molecule has 3 heteroatoms. The van der Waals surface area contributed by atoms with Crippen molar-refractivity contribution in [3.8, 4) is 0 Å². The molecule has 2 heterocycles. The van der Waals surface area contributed by atoms with Crippen LogP contribution >= 0.6 is 11.6 Å². The molecule has 0 aromatic carbocycles. The quantitative estimate of drug-likeness (QED) is 0.750. The first-order valence-electron chi connectivity index (χ1n) is 6.05. The largest absolute Gasteiger partial charge is 0.354 e. The minimum Gasteiger partial charge on any atom is -0.354 e. The smallest absolute Gasteiger partial charge is 0.129 e. The van der Waals surface area contributed by atoms with Crippen LogP contribution in [0.15, 0.2) is 12.1 Å². The normalized spacial score (nSPS) is 20.4. The predicted octanol–water partition coefficient (Wildman–Crippen LogP) is 3.51. The van der Waals surface area contributed by atoms with E-state index in [-0.39, 0.29) is 0 Å². The van der Waals surface area contributed by atoms with E-state index in [4.69, 9.17) is 11.6 Å². The molecular weight excluding hydrogens is 220 g/mol. The van der Waals surface area contributed by atoms with Gasteiger partial charge in [-0.3, -0.25) is 0 Å². The molecule has 0 N–H and O–H groups in total. The molecule has 2 nitrogen and oxygen atoms in total. The van der Waals surface area contributed by atoms with Crippen molar-refractivity contribution in [2.45, 2.75) is 45.0 Å². The van der Waals surface area contributed by atoms with Gasteiger partial charge in [-0.05, 0) is 37.8 Å². The monoisotopic (exact) mass is 238 g/mol. The van der Waals surface area contributed by atoms with Gasteiger partial charge in [-0.2, -0.15) is 0 Å². The topological polar surface area (TPSA) is 16.1 Å². The fraction of sp³-hybridized carbons (Fsp3) is 0.615. The van der Waals surface area contributed by atoms with E-state index in [0.717, 1.165) is 23.6 Å². The van der Waals surface area contributed by atoms with Crippen molar-refractivity contribution in [3.63, 3.8) is 0 Å². The van der Waals surface area contributed by atoms with E-state index in [9.17, 15) is 0 Å². The highest BCUT2D eigenvalue weighted by Crippen LogP contribution is 2.26. The lowest BCUT2D eigenvalue weighted by Crippen LogP contribution is -2.29. The van der Waals surface area contributed by atoms with Crippen molar-refractivity contribution in [2.24, 2.45) is 0 Å². The van der Waals surface area contributed by atoms with Crippen LogP contribution in [0.4, 0.5) is 5.82 Å². The van der Waals surface area contributed by atoms with E-state index in [1.165, 1.54) is 19.3 Å². The van der Waals surface area contributed by atoms with Crippen molar-refractivity contribution >= 4 is 17.4 Å². The van der Waals surface area contributed by atoms with Crippen molar-refractivity contribution in [1.82, 2.24) is 4.98 Å². The number of halogens is 1. The Kier molecular flexibility index (Phi) is 3.70. The molecule has 0 saturated carbocycles. The minimum atomic E-state index is 0.552. The zero-order valence-corrected chi connectivity index (χ0v) is 10.8. The van der Waals surface area contributed by atoms with Gasteiger partial charge >= 0.3 is 0 Å². The summed E-state index contributed by atoms with van der Waals surface area (Å²) in [5.41, 5.74) is 2.20. The summed E-state index contributed by atoms with van der Waals surface area (Å²) in [5, 5.41) is 0. The summed E-state index contributed by atoms with van der Waals surface area (Å²) in [6.07, 6.45) is 3.79. The molecule has 1 aliphatic rings. The molecule has 1 fully saturated rings. The van der Waals surface area contributed by atoms with Gasteiger partial charge in [0, 0.05) is 24.2 Å². The Morgan fingerprint density at radius 1 is 1.50 bits per heavy atom. The number of rotatable bonds is 3. The Hall–Kier alpha value is -0.760. The third-order valence-corrected chi connectivity index (χ3v) is 3.76. The summed E-state index contributed by atoms with van der Waals surface area (Å²) in [4.78, 5) is 7.10. The van der Waals surface area contributed by atoms with Crippen LogP contribution in [0.2, 0.25) is 0 Å². The molecule has 0 aliphatic carbocycles. The molecule has 88 valence electrons. The maximum absolute atomic E-state index is 5.85. The molecule has 1 aromatic heterocycles. The fourth-order valence-corrected chi connectivity index (χ4v) is 2.72. The molecule has 1 aliphatic heterocycles. The van der Waals surface area contributed by atoms with Crippen LogP contribution < -0.4 is 4.90 Å². The van der Waals surface area contributed by atoms with Gasteiger partial charge in [-0.1, -0.05) is 13.0 Å². The van der Waals surface area contributed by atoms with Gasteiger partial charge < -0.3 is 4.90 Å². The molecule has 2 rings (SSSR count). The van der Waals surface area contributed by atoms with Crippen molar-refractivity contribution in [3.05, 3.63) is 23.4 Å². The van der Waals surface area contributed by atoms with E-state index in [2.05, 4.69) is 28.9 Å². The van der Waals surface area contributed by atoms with Crippen LogP contribution in [0.1, 0.15) is 37.4 Å². The number of hydrogen-bond acceptors (Lipinski definition) is 2. The lowest BCUT2D eigenvalue weighted by molar-refractivity contribution is 0.640. The summed E-state index contributed by atoms with van der Waals surface area (Å²) in [6.45, 7) is 5.44. The van der Waals surface area contributed by atoms with Crippen molar-refractivity contribution in [1.29, 1.82) is 0 Å². The number of pyridine rings is 1. The summed E-state index contributed by atoms with van der Waals surface area (Å²) < 4.78 is 0. The van der Waals surface area contributed by atoms with E-state index in [0.29, 0.717) is 11.9 Å². The molecule has 16 heavy (non-hydrogen) atoms. The number of aryl methyl sites for hydroxylation is 1. The summed E-state index contributed by atoms with van der Waals surface area (Å²) >= 11 is 5.85. The third kappa shape index (κ3) is 2.17. The Morgan fingerprint density at radius 3 is 2.94 bits per heavy atom. The Labute approximate surface area is 103 Å². The fourth-order valence-electron chi connectivity index (χ4n) is 2.44. The molecule has 0 spiro atoms. The van der Waals surface area contributed by atoms with Crippen LogP contribution in [0.3, 0.4) is 0 Å². The van der Waals surface area contributed by atoms with Gasteiger partial charge in [0.05, 0.1) is 0 Å². The number of nitrogens with zero attached hydrogens (tertiary/aromatic N) is 2. The average molecular weight is 239 g/mol. The van der Waals surface area contributed by atoms with E-state index < -0.39 is 0 Å². The second-order valence-corrected chi connectivity index (χ2v) is 4.71. The standard InChI is InChI=1S/C13H19ClN2/c1-3-12-5-4-8-16(12)13-7-6-11(9-14)10(2)15-13/h6-7,12H,3-5,8-9H2,1-2H3. The van der Waals surface area contributed by atoms with Gasteiger partial charge in [-0.25, -0.2) is 4.98 Å². The highest BCUT2D eigenvalue weighted by molar-refractivity contribution is 6.17. The number of anilines is 1. The van der Waals surface area contributed by atoms with Gasteiger partial charge in [0.1, 0.15) is 5.82 Å². The zero-order valence-electron chi connectivity index (χ0n) is 10.0. The molecule has 1 saturated heterocycles. The zero-order chi connectivity index (χ0) is 11.5. The van der Waals surface area contributed by atoms with Crippen molar-refractivity contribution in [2.75, 3.05) is 11.4 Å². The third-order valence-electron chi connectivity index (χ3n) is 3.47. The highest BCUT2D eigenvalue weighted by Gasteiger charge is 2.23. The minimum absolute atomic E-state index is 0.552. The van der Waals surface area contributed by atoms with Crippen LogP contribution in [-0.2, 0) is 5.88 Å². The second kappa shape index (κ2) is 5.05. The number of aromatic nitrogens is 1. The van der Waals surface area contributed by atoms with Crippen LogP contribution in [-0.4, -0.2) is 17.6 Å².